The number of carbonyl (C=O) groups excluding carboxylic acids is 1. The lowest BCUT2D eigenvalue weighted by Gasteiger charge is -2.21. The molecule has 4 nitrogen and oxygen atoms in total. The minimum atomic E-state index is -0.825. The molecule has 90 valence electrons. The van der Waals surface area contributed by atoms with E-state index in [1.165, 1.54) is 0 Å². The number of hydrogen-bond acceptors (Lipinski definition) is 2. The molecule has 1 unspecified atom stereocenters. The average Bonchev–Trinajstić information content (AvgIpc) is 2.32. The van der Waals surface area contributed by atoms with Gasteiger partial charge in [-0.2, -0.15) is 5.26 Å². The van der Waals surface area contributed by atoms with Gasteiger partial charge in [-0.15, -0.1) is 0 Å². The normalized spacial score (nSPS) is 13.3. The maximum atomic E-state index is 11.7. The van der Waals surface area contributed by atoms with Crippen molar-refractivity contribution in [2.45, 2.75) is 32.7 Å². The first-order valence-electron chi connectivity index (χ1n) is 5.56. The van der Waals surface area contributed by atoms with Gasteiger partial charge in [-0.05, 0) is 32.4 Å². The van der Waals surface area contributed by atoms with Crippen LogP contribution in [0.15, 0.2) is 24.3 Å². The van der Waals surface area contributed by atoms with Gasteiger partial charge in [-0.3, -0.25) is 0 Å². The Kier molecular flexibility index (Phi) is 4.11. The smallest absolute Gasteiger partial charge is 0.320 e. The average molecular weight is 231 g/mol. The van der Waals surface area contributed by atoms with Crippen LogP contribution in [0.3, 0.4) is 0 Å². The Morgan fingerprint density at radius 2 is 2.00 bits per heavy atom. The fourth-order valence-corrected chi connectivity index (χ4v) is 1.25. The lowest BCUT2D eigenvalue weighted by atomic mass is 10.0. The second kappa shape index (κ2) is 5.35. The third-order valence-electron chi connectivity index (χ3n) is 2.65. The molecule has 0 aromatic heterocycles. The van der Waals surface area contributed by atoms with Crippen molar-refractivity contribution in [2.75, 3.05) is 5.32 Å². The van der Waals surface area contributed by atoms with E-state index in [1.54, 1.807) is 6.92 Å². The first-order chi connectivity index (χ1) is 7.99. The first kappa shape index (κ1) is 13.0. The number of aryl methyl sites for hydroxylation is 1. The van der Waals surface area contributed by atoms with Crippen LogP contribution >= 0.6 is 0 Å². The van der Waals surface area contributed by atoms with Crippen LogP contribution in [0.4, 0.5) is 10.5 Å². The highest BCUT2D eigenvalue weighted by atomic mass is 16.2. The maximum Gasteiger partial charge on any atom is 0.320 e. The number of nitrogens with zero attached hydrogens (tertiary/aromatic N) is 1. The Balaban J connectivity index is 2.62. The van der Waals surface area contributed by atoms with Crippen molar-refractivity contribution in [3.8, 4) is 6.07 Å². The SMILES string of the molecule is CCC(C)(C#N)NC(=O)Nc1ccc(C)cc1. The van der Waals surface area contributed by atoms with Gasteiger partial charge in [0.05, 0.1) is 6.07 Å². The fraction of sp³-hybridized carbons (Fsp3) is 0.385. The molecule has 1 aromatic rings. The van der Waals surface area contributed by atoms with Crippen LogP contribution in [-0.4, -0.2) is 11.6 Å². The third kappa shape index (κ3) is 3.80. The number of carbonyl (C=O) groups is 1. The molecule has 0 saturated heterocycles. The quantitative estimate of drug-likeness (QED) is 0.840. The Bertz CT molecular complexity index is 433. The van der Waals surface area contributed by atoms with Crippen LogP contribution in [0.2, 0.25) is 0 Å². The third-order valence-corrected chi connectivity index (χ3v) is 2.65. The zero-order valence-electron chi connectivity index (χ0n) is 10.4. The van der Waals surface area contributed by atoms with Crippen molar-refractivity contribution in [3.63, 3.8) is 0 Å². The summed E-state index contributed by atoms with van der Waals surface area (Å²) in [6.45, 7) is 5.53. The number of amides is 2. The first-order valence-corrected chi connectivity index (χ1v) is 5.56. The fourth-order valence-electron chi connectivity index (χ4n) is 1.25. The van der Waals surface area contributed by atoms with Crippen LogP contribution in [0.5, 0.6) is 0 Å². The summed E-state index contributed by atoms with van der Waals surface area (Å²) in [7, 11) is 0. The molecule has 1 atom stereocenters. The van der Waals surface area contributed by atoms with Crippen molar-refractivity contribution in [1.82, 2.24) is 5.32 Å². The summed E-state index contributed by atoms with van der Waals surface area (Å²) in [5.41, 5.74) is 1.02. The molecule has 0 spiro atoms. The van der Waals surface area contributed by atoms with E-state index in [-0.39, 0.29) is 6.03 Å². The van der Waals surface area contributed by atoms with E-state index >= 15 is 0 Å². The number of hydrogen-bond donors (Lipinski definition) is 2. The number of nitrogens with one attached hydrogen (secondary N) is 2. The lowest BCUT2D eigenvalue weighted by molar-refractivity contribution is 0.244. The standard InChI is InChI=1S/C13H17N3O/c1-4-13(3,9-14)16-12(17)15-11-7-5-10(2)6-8-11/h5-8H,4H2,1-3H3,(H2,15,16,17). The molecule has 0 saturated carbocycles. The van der Waals surface area contributed by atoms with E-state index < -0.39 is 5.54 Å². The molecule has 2 amide bonds. The van der Waals surface area contributed by atoms with Gasteiger partial charge in [-0.25, -0.2) is 4.79 Å². The lowest BCUT2D eigenvalue weighted by Crippen LogP contribution is -2.46. The second-order valence-corrected chi connectivity index (χ2v) is 4.24. The molecule has 4 heteroatoms. The number of urea groups is 1. The molecule has 0 aliphatic carbocycles. The summed E-state index contributed by atoms with van der Waals surface area (Å²) >= 11 is 0. The molecule has 0 aliphatic heterocycles. The van der Waals surface area contributed by atoms with Gasteiger partial charge in [0.25, 0.3) is 0 Å². The highest BCUT2D eigenvalue weighted by molar-refractivity contribution is 5.90. The summed E-state index contributed by atoms with van der Waals surface area (Å²) in [6.07, 6.45) is 0.560. The van der Waals surface area contributed by atoms with Crippen LogP contribution in [0.1, 0.15) is 25.8 Å². The minimum Gasteiger partial charge on any atom is -0.320 e. The molecule has 0 radical (unpaired) electrons. The van der Waals surface area contributed by atoms with Gasteiger partial charge in [-0.1, -0.05) is 24.6 Å². The van der Waals surface area contributed by atoms with Gasteiger partial charge >= 0.3 is 6.03 Å². The molecular weight excluding hydrogens is 214 g/mol. The van der Waals surface area contributed by atoms with E-state index in [2.05, 4.69) is 16.7 Å². The van der Waals surface area contributed by atoms with Gasteiger partial charge in [0.1, 0.15) is 5.54 Å². The summed E-state index contributed by atoms with van der Waals surface area (Å²) in [4.78, 5) is 11.7. The number of rotatable bonds is 3. The van der Waals surface area contributed by atoms with Crippen LogP contribution in [0, 0.1) is 18.3 Å². The Hall–Kier alpha value is -2.02. The molecule has 1 rings (SSSR count). The minimum absolute atomic E-state index is 0.361. The van der Waals surface area contributed by atoms with Crippen molar-refractivity contribution in [3.05, 3.63) is 29.8 Å². The predicted octanol–water partition coefficient (Wildman–Crippen LogP) is 2.81. The van der Waals surface area contributed by atoms with Crippen molar-refractivity contribution < 1.29 is 4.79 Å². The van der Waals surface area contributed by atoms with Crippen LogP contribution in [0.25, 0.3) is 0 Å². The number of nitriles is 1. The van der Waals surface area contributed by atoms with E-state index in [4.69, 9.17) is 5.26 Å². The molecule has 0 bridgehead atoms. The Morgan fingerprint density at radius 3 is 2.47 bits per heavy atom. The topological polar surface area (TPSA) is 64.9 Å². The van der Waals surface area contributed by atoms with Gasteiger partial charge < -0.3 is 10.6 Å². The van der Waals surface area contributed by atoms with Crippen molar-refractivity contribution in [2.24, 2.45) is 0 Å². The number of anilines is 1. The van der Waals surface area contributed by atoms with E-state index in [0.29, 0.717) is 12.1 Å². The van der Waals surface area contributed by atoms with Gasteiger partial charge in [0.2, 0.25) is 0 Å². The zero-order valence-corrected chi connectivity index (χ0v) is 10.4. The van der Waals surface area contributed by atoms with Crippen LogP contribution < -0.4 is 10.6 Å². The molecule has 0 fully saturated rings. The van der Waals surface area contributed by atoms with E-state index in [0.717, 1.165) is 5.56 Å². The molecular formula is C13H17N3O. The van der Waals surface area contributed by atoms with Gasteiger partial charge in [0.15, 0.2) is 0 Å². The van der Waals surface area contributed by atoms with E-state index in [1.807, 2.05) is 38.1 Å². The summed E-state index contributed by atoms with van der Waals surface area (Å²) in [5, 5.41) is 14.3. The second-order valence-electron chi connectivity index (χ2n) is 4.24. The largest absolute Gasteiger partial charge is 0.320 e. The van der Waals surface area contributed by atoms with E-state index in [9.17, 15) is 4.79 Å². The highest BCUT2D eigenvalue weighted by Gasteiger charge is 2.23. The van der Waals surface area contributed by atoms with Crippen LogP contribution in [-0.2, 0) is 0 Å². The Morgan fingerprint density at radius 1 is 1.41 bits per heavy atom. The molecule has 0 aliphatic rings. The van der Waals surface area contributed by atoms with Crippen molar-refractivity contribution >= 4 is 11.7 Å². The summed E-state index contributed by atoms with van der Waals surface area (Å²) < 4.78 is 0. The monoisotopic (exact) mass is 231 g/mol. The van der Waals surface area contributed by atoms with Gasteiger partial charge in [0, 0.05) is 5.69 Å². The molecule has 0 heterocycles. The predicted molar refractivity (Wildman–Crippen MR) is 67.6 cm³/mol. The molecule has 1 aromatic carbocycles. The summed E-state index contributed by atoms with van der Waals surface area (Å²) in [5.74, 6) is 0. The molecule has 17 heavy (non-hydrogen) atoms. The number of benzene rings is 1. The molecule has 2 N–H and O–H groups in total. The summed E-state index contributed by atoms with van der Waals surface area (Å²) in [6, 6.07) is 9.20. The van der Waals surface area contributed by atoms with Crippen molar-refractivity contribution in [1.29, 1.82) is 5.26 Å². The highest BCUT2D eigenvalue weighted by Crippen LogP contribution is 2.10. The Labute approximate surface area is 102 Å². The maximum absolute atomic E-state index is 11.7. The zero-order chi connectivity index (χ0) is 12.9.